The van der Waals surface area contributed by atoms with Crippen LogP contribution in [-0.2, 0) is 26.0 Å². The summed E-state index contributed by atoms with van der Waals surface area (Å²) in [5, 5.41) is 0.522. The van der Waals surface area contributed by atoms with Gasteiger partial charge in [0.25, 0.3) is 0 Å². The van der Waals surface area contributed by atoms with Crippen LogP contribution in [0.15, 0.2) is 53.4 Å². The maximum atomic E-state index is 12.0. The van der Waals surface area contributed by atoms with Gasteiger partial charge in [0, 0.05) is 19.1 Å². The maximum Gasteiger partial charge on any atom is 0.310 e. The van der Waals surface area contributed by atoms with Crippen LogP contribution in [-0.4, -0.2) is 46.0 Å². The molecule has 2 aromatic rings. The van der Waals surface area contributed by atoms with Gasteiger partial charge in [-0.1, -0.05) is 29.8 Å². The third-order valence-electron chi connectivity index (χ3n) is 3.51. The van der Waals surface area contributed by atoms with Crippen molar-refractivity contribution < 1.29 is 22.7 Å². The second kappa shape index (κ2) is 9.02. The van der Waals surface area contributed by atoms with Crippen molar-refractivity contribution in [2.24, 2.45) is 0 Å². The highest BCUT2D eigenvalue weighted by atomic mass is 35.5. The topological polar surface area (TPSA) is 72.9 Å². The Morgan fingerprint density at radius 2 is 1.69 bits per heavy atom. The highest BCUT2D eigenvalue weighted by Gasteiger charge is 2.16. The van der Waals surface area contributed by atoms with Crippen LogP contribution in [0, 0.1) is 0 Å². The molecule has 0 saturated carbocycles. The van der Waals surface area contributed by atoms with Gasteiger partial charge in [-0.05, 0) is 35.9 Å². The minimum absolute atomic E-state index is 0.0844. The molecular formula is C18H20ClNO5S. The van der Waals surface area contributed by atoms with Gasteiger partial charge in [0.2, 0.25) is 10.0 Å². The monoisotopic (exact) mass is 397 g/mol. The molecule has 0 aliphatic rings. The molecule has 0 heterocycles. The minimum Gasteiger partial charge on any atom is -0.490 e. The van der Waals surface area contributed by atoms with E-state index >= 15 is 0 Å². The van der Waals surface area contributed by atoms with Crippen molar-refractivity contribution in [1.82, 2.24) is 4.31 Å². The third kappa shape index (κ3) is 5.45. The molecule has 0 aromatic heterocycles. The van der Waals surface area contributed by atoms with E-state index in [0.717, 1.165) is 4.31 Å². The lowest BCUT2D eigenvalue weighted by Gasteiger charge is -2.12. The van der Waals surface area contributed by atoms with Gasteiger partial charge < -0.3 is 9.47 Å². The molecule has 0 saturated heterocycles. The van der Waals surface area contributed by atoms with Crippen molar-refractivity contribution >= 4 is 27.6 Å². The van der Waals surface area contributed by atoms with E-state index < -0.39 is 16.0 Å². The van der Waals surface area contributed by atoms with Crippen LogP contribution < -0.4 is 4.74 Å². The molecule has 2 aromatic carbocycles. The molecule has 0 unspecified atom stereocenters. The largest absolute Gasteiger partial charge is 0.490 e. The zero-order valence-electron chi connectivity index (χ0n) is 14.5. The van der Waals surface area contributed by atoms with Gasteiger partial charge in [-0.2, -0.15) is 0 Å². The Bertz CT molecular complexity index is 850. The van der Waals surface area contributed by atoms with E-state index in [-0.39, 0.29) is 24.5 Å². The molecule has 0 fully saturated rings. The normalized spacial score (nSPS) is 11.4. The van der Waals surface area contributed by atoms with Crippen LogP contribution >= 0.6 is 11.6 Å². The molecule has 0 spiro atoms. The number of benzene rings is 2. The number of hydrogen-bond acceptors (Lipinski definition) is 5. The smallest absolute Gasteiger partial charge is 0.310 e. The van der Waals surface area contributed by atoms with Crippen LogP contribution in [0.4, 0.5) is 0 Å². The third-order valence-corrected chi connectivity index (χ3v) is 5.71. The molecule has 140 valence electrons. The molecule has 0 N–H and O–H groups in total. The Labute approximate surface area is 158 Å². The van der Waals surface area contributed by atoms with Crippen LogP contribution in [0.3, 0.4) is 0 Å². The lowest BCUT2D eigenvalue weighted by atomic mass is 10.1. The lowest BCUT2D eigenvalue weighted by Crippen LogP contribution is -2.22. The van der Waals surface area contributed by atoms with E-state index in [0.29, 0.717) is 16.3 Å². The van der Waals surface area contributed by atoms with Crippen LogP contribution in [0.1, 0.15) is 5.56 Å². The average Bonchev–Trinajstić information content (AvgIpc) is 2.61. The van der Waals surface area contributed by atoms with E-state index in [1.165, 1.54) is 26.2 Å². The molecule has 0 amide bonds. The highest BCUT2D eigenvalue weighted by molar-refractivity contribution is 7.89. The Morgan fingerprint density at radius 1 is 1.04 bits per heavy atom. The molecule has 0 aliphatic heterocycles. The van der Waals surface area contributed by atoms with E-state index in [1.807, 2.05) is 0 Å². The first-order chi connectivity index (χ1) is 12.3. The zero-order chi connectivity index (χ0) is 19.2. The molecule has 2 rings (SSSR count). The Hall–Kier alpha value is -2.09. The summed E-state index contributed by atoms with van der Waals surface area (Å²) in [5.74, 6) is 0.0963. The fraction of sp³-hybridized carbons (Fsp3) is 0.278. The standard InChI is InChI=1S/C18H20ClNO5S/c1-20(2)26(22,23)16-9-7-15(8-10-16)24-11-12-25-18(21)13-14-5-3-4-6-17(14)19/h3-10H,11-13H2,1-2H3. The summed E-state index contributed by atoms with van der Waals surface area (Å²) in [6.45, 7) is 0.245. The van der Waals surface area contributed by atoms with Crippen LogP contribution in [0.25, 0.3) is 0 Å². The van der Waals surface area contributed by atoms with Gasteiger partial charge in [-0.25, -0.2) is 12.7 Å². The summed E-state index contributed by atoms with van der Waals surface area (Å²) in [7, 11) is -0.528. The first-order valence-corrected chi connectivity index (χ1v) is 9.67. The summed E-state index contributed by atoms with van der Waals surface area (Å²) in [6.07, 6.45) is 0.0940. The number of nitrogens with zero attached hydrogens (tertiary/aromatic N) is 1. The number of halogens is 1. The second-order valence-electron chi connectivity index (χ2n) is 5.60. The molecule has 6 nitrogen and oxygen atoms in total. The summed E-state index contributed by atoms with van der Waals surface area (Å²) >= 11 is 6.00. The zero-order valence-corrected chi connectivity index (χ0v) is 16.1. The molecular weight excluding hydrogens is 378 g/mol. The molecule has 0 atom stereocenters. The van der Waals surface area contributed by atoms with E-state index in [9.17, 15) is 13.2 Å². The Balaban J connectivity index is 1.78. The fourth-order valence-electron chi connectivity index (χ4n) is 2.08. The van der Waals surface area contributed by atoms with Gasteiger partial charge in [0.15, 0.2) is 0 Å². The summed E-state index contributed by atoms with van der Waals surface area (Å²) in [6, 6.07) is 13.1. The van der Waals surface area contributed by atoms with Gasteiger partial charge in [-0.15, -0.1) is 0 Å². The summed E-state index contributed by atoms with van der Waals surface area (Å²) < 4.78 is 35.6. The number of hydrogen-bond donors (Lipinski definition) is 0. The Morgan fingerprint density at radius 3 is 2.31 bits per heavy atom. The SMILES string of the molecule is CN(C)S(=O)(=O)c1ccc(OCCOC(=O)Cc2ccccc2Cl)cc1. The molecule has 0 aliphatic carbocycles. The number of esters is 1. The van der Waals surface area contributed by atoms with Gasteiger partial charge in [0.05, 0.1) is 11.3 Å². The fourth-order valence-corrected chi connectivity index (χ4v) is 3.19. The predicted molar refractivity (Wildman–Crippen MR) is 98.9 cm³/mol. The molecule has 0 radical (unpaired) electrons. The van der Waals surface area contributed by atoms with E-state index in [2.05, 4.69) is 0 Å². The van der Waals surface area contributed by atoms with Gasteiger partial charge in [-0.3, -0.25) is 4.79 Å². The first kappa shape index (κ1) is 20.2. The minimum atomic E-state index is -3.47. The van der Waals surface area contributed by atoms with Crippen molar-refractivity contribution in [3.05, 3.63) is 59.1 Å². The molecule has 26 heavy (non-hydrogen) atoms. The van der Waals surface area contributed by atoms with Crippen molar-refractivity contribution in [2.75, 3.05) is 27.3 Å². The van der Waals surface area contributed by atoms with Crippen molar-refractivity contribution in [3.8, 4) is 5.75 Å². The molecule has 0 bridgehead atoms. The predicted octanol–water partition coefficient (Wildman–Crippen LogP) is 2.76. The summed E-state index contributed by atoms with van der Waals surface area (Å²) in [4.78, 5) is 12.0. The van der Waals surface area contributed by atoms with E-state index in [4.69, 9.17) is 21.1 Å². The van der Waals surface area contributed by atoms with Crippen LogP contribution in [0.2, 0.25) is 5.02 Å². The van der Waals surface area contributed by atoms with Crippen molar-refractivity contribution in [2.45, 2.75) is 11.3 Å². The summed E-state index contributed by atoms with van der Waals surface area (Å²) in [5.41, 5.74) is 0.706. The quantitative estimate of drug-likeness (QED) is 0.506. The van der Waals surface area contributed by atoms with E-state index in [1.54, 1.807) is 36.4 Å². The Kier molecular flexibility index (Phi) is 7.02. The number of sulfonamides is 1. The number of carbonyl (C=O) groups is 1. The van der Waals surface area contributed by atoms with Gasteiger partial charge in [0.1, 0.15) is 19.0 Å². The number of ether oxygens (including phenoxy) is 2. The first-order valence-electron chi connectivity index (χ1n) is 7.85. The maximum absolute atomic E-state index is 12.0. The van der Waals surface area contributed by atoms with Crippen molar-refractivity contribution in [1.29, 1.82) is 0 Å². The van der Waals surface area contributed by atoms with Crippen LogP contribution in [0.5, 0.6) is 5.75 Å². The second-order valence-corrected chi connectivity index (χ2v) is 8.15. The molecule has 8 heteroatoms. The number of rotatable bonds is 8. The highest BCUT2D eigenvalue weighted by Crippen LogP contribution is 2.18. The number of carbonyl (C=O) groups excluding carboxylic acids is 1. The lowest BCUT2D eigenvalue weighted by molar-refractivity contribution is -0.143. The van der Waals surface area contributed by atoms with Gasteiger partial charge >= 0.3 is 5.97 Å². The average molecular weight is 398 g/mol. The van der Waals surface area contributed by atoms with Crippen molar-refractivity contribution in [3.63, 3.8) is 0 Å².